The van der Waals surface area contributed by atoms with E-state index in [1.165, 1.54) is 27.8 Å². The molecule has 1 nitrogen and oxygen atoms in total. The monoisotopic (exact) mass is 293 g/mol. The quantitative estimate of drug-likeness (QED) is 0.711. The summed E-state index contributed by atoms with van der Waals surface area (Å²) in [5.74, 6) is 0. The molecule has 0 saturated heterocycles. The topological polar surface area (TPSA) is 12.0 Å². The van der Waals surface area contributed by atoms with Crippen molar-refractivity contribution in [1.82, 2.24) is 5.32 Å². The largest absolute Gasteiger partial charge is 0.309 e. The van der Waals surface area contributed by atoms with E-state index in [4.69, 9.17) is 0 Å². The predicted octanol–water partition coefficient (Wildman–Crippen LogP) is 5.03. The van der Waals surface area contributed by atoms with Gasteiger partial charge in [-0.3, -0.25) is 0 Å². The molecule has 3 rings (SSSR count). The van der Waals surface area contributed by atoms with Crippen LogP contribution in [0.2, 0.25) is 0 Å². The molecule has 21 heavy (non-hydrogen) atoms. The Labute approximate surface area is 130 Å². The van der Waals surface area contributed by atoms with E-state index >= 15 is 0 Å². The van der Waals surface area contributed by atoms with Crippen molar-refractivity contribution >= 4 is 11.3 Å². The van der Waals surface area contributed by atoms with Crippen molar-refractivity contribution in [3.63, 3.8) is 0 Å². The summed E-state index contributed by atoms with van der Waals surface area (Å²) in [6.45, 7) is 2.18. The van der Waals surface area contributed by atoms with E-state index in [0.717, 1.165) is 0 Å². The van der Waals surface area contributed by atoms with Crippen LogP contribution in [0.5, 0.6) is 0 Å². The lowest BCUT2D eigenvalue weighted by Gasteiger charge is -2.17. The summed E-state index contributed by atoms with van der Waals surface area (Å²) in [6, 6.07) is 19.6. The van der Waals surface area contributed by atoms with E-state index in [1.54, 1.807) is 11.3 Å². The number of nitrogens with one attached hydrogen (secondary N) is 1. The lowest BCUT2D eigenvalue weighted by molar-refractivity contribution is 0.690. The maximum atomic E-state index is 3.43. The van der Waals surface area contributed by atoms with Crippen molar-refractivity contribution in [2.75, 3.05) is 7.05 Å². The van der Waals surface area contributed by atoms with Crippen LogP contribution in [0.15, 0.2) is 65.4 Å². The minimum atomic E-state index is 0.265. The third-order valence-corrected chi connectivity index (χ3v) is 4.73. The van der Waals surface area contributed by atoms with Crippen molar-refractivity contribution in [3.8, 4) is 11.1 Å². The molecular weight excluding hydrogens is 274 g/mol. The van der Waals surface area contributed by atoms with Crippen molar-refractivity contribution in [1.29, 1.82) is 0 Å². The highest BCUT2D eigenvalue weighted by molar-refractivity contribution is 7.08. The van der Waals surface area contributed by atoms with Gasteiger partial charge in [0.15, 0.2) is 0 Å². The summed E-state index contributed by atoms with van der Waals surface area (Å²) in [5.41, 5.74) is 6.55. The van der Waals surface area contributed by atoms with Gasteiger partial charge in [-0.15, -0.1) is 0 Å². The van der Waals surface area contributed by atoms with Crippen LogP contribution < -0.4 is 5.32 Å². The Kier molecular flexibility index (Phi) is 4.18. The van der Waals surface area contributed by atoms with Gasteiger partial charge in [0.05, 0.1) is 6.04 Å². The molecule has 2 aromatic carbocycles. The normalized spacial score (nSPS) is 12.3. The lowest BCUT2D eigenvalue weighted by atomic mass is 9.96. The van der Waals surface area contributed by atoms with Gasteiger partial charge in [0.1, 0.15) is 0 Å². The smallest absolute Gasteiger partial charge is 0.0585 e. The summed E-state index contributed by atoms with van der Waals surface area (Å²) < 4.78 is 0. The van der Waals surface area contributed by atoms with Gasteiger partial charge in [-0.2, -0.15) is 11.3 Å². The number of hydrogen-bond acceptors (Lipinski definition) is 2. The van der Waals surface area contributed by atoms with Crippen molar-refractivity contribution < 1.29 is 0 Å². The zero-order valence-electron chi connectivity index (χ0n) is 12.3. The first kappa shape index (κ1) is 14.1. The summed E-state index contributed by atoms with van der Waals surface area (Å²) >= 11 is 1.76. The summed E-state index contributed by atoms with van der Waals surface area (Å²) in [7, 11) is 2.02. The number of rotatable bonds is 4. The second-order valence-corrected chi connectivity index (χ2v) is 5.96. The van der Waals surface area contributed by atoms with E-state index < -0.39 is 0 Å². The van der Waals surface area contributed by atoms with Crippen molar-refractivity contribution in [2.45, 2.75) is 13.0 Å². The van der Waals surface area contributed by atoms with Crippen LogP contribution in [0.1, 0.15) is 22.7 Å². The molecule has 1 unspecified atom stereocenters. The summed E-state index contributed by atoms with van der Waals surface area (Å²) in [4.78, 5) is 0. The molecule has 106 valence electrons. The molecule has 0 bridgehead atoms. The molecule has 0 radical (unpaired) electrons. The molecular formula is C19H19NS. The predicted molar refractivity (Wildman–Crippen MR) is 91.8 cm³/mol. The van der Waals surface area contributed by atoms with E-state index in [2.05, 4.69) is 71.5 Å². The molecule has 2 heteroatoms. The fourth-order valence-electron chi connectivity index (χ4n) is 2.67. The maximum absolute atomic E-state index is 3.43. The first-order valence-corrected chi connectivity index (χ1v) is 8.09. The molecule has 0 aliphatic rings. The number of benzene rings is 2. The Morgan fingerprint density at radius 3 is 2.10 bits per heavy atom. The molecule has 0 aliphatic carbocycles. The van der Waals surface area contributed by atoms with Gasteiger partial charge >= 0.3 is 0 Å². The molecule has 1 N–H and O–H groups in total. The number of aryl methyl sites for hydroxylation is 1. The molecule has 1 atom stereocenters. The summed E-state index contributed by atoms with van der Waals surface area (Å²) in [5, 5.41) is 7.87. The van der Waals surface area contributed by atoms with E-state index in [0.29, 0.717) is 0 Å². The summed E-state index contributed by atoms with van der Waals surface area (Å²) in [6.07, 6.45) is 0. The molecule has 0 saturated carbocycles. The van der Waals surface area contributed by atoms with Crippen LogP contribution in [-0.4, -0.2) is 7.05 Å². The fraction of sp³-hybridized carbons (Fsp3) is 0.158. The van der Waals surface area contributed by atoms with Gasteiger partial charge in [-0.05, 0) is 52.5 Å². The SMILES string of the molecule is CNC(c1ccc(-c2ccccc2)cc1)c1cscc1C. The maximum Gasteiger partial charge on any atom is 0.0585 e. The van der Waals surface area contributed by atoms with Gasteiger partial charge in [-0.25, -0.2) is 0 Å². The minimum absolute atomic E-state index is 0.265. The average Bonchev–Trinajstić information content (AvgIpc) is 2.96. The lowest BCUT2D eigenvalue weighted by Crippen LogP contribution is -2.17. The highest BCUT2D eigenvalue weighted by atomic mass is 32.1. The van der Waals surface area contributed by atoms with Crippen LogP contribution in [-0.2, 0) is 0 Å². The third kappa shape index (κ3) is 2.92. The molecule has 0 aliphatic heterocycles. The Morgan fingerprint density at radius 1 is 0.857 bits per heavy atom. The molecule has 1 aromatic heterocycles. The van der Waals surface area contributed by atoms with Gasteiger partial charge in [-0.1, -0.05) is 54.6 Å². The number of hydrogen-bond donors (Lipinski definition) is 1. The van der Waals surface area contributed by atoms with Gasteiger partial charge < -0.3 is 5.32 Å². The fourth-order valence-corrected chi connectivity index (χ4v) is 3.54. The van der Waals surface area contributed by atoms with Crippen molar-refractivity contribution in [2.24, 2.45) is 0 Å². The second kappa shape index (κ2) is 6.25. The number of thiophene rings is 1. The first-order valence-electron chi connectivity index (χ1n) is 7.15. The molecule has 0 amide bonds. The van der Waals surface area contributed by atoms with E-state index in [-0.39, 0.29) is 6.04 Å². The molecule has 0 fully saturated rings. The molecule has 0 spiro atoms. The highest BCUT2D eigenvalue weighted by Crippen LogP contribution is 2.29. The van der Waals surface area contributed by atoms with E-state index in [1.807, 2.05) is 13.1 Å². The van der Waals surface area contributed by atoms with Crippen LogP contribution >= 0.6 is 11.3 Å². The Hall–Kier alpha value is -1.90. The highest BCUT2D eigenvalue weighted by Gasteiger charge is 2.14. The third-order valence-electron chi connectivity index (χ3n) is 3.85. The van der Waals surface area contributed by atoms with Gasteiger partial charge in [0, 0.05) is 0 Å². The van der Waals surface area contributed by atoms with Gasteiger partial charge in [0.25, 0.3) is 0 Å². The Balaban J connectivity index is 1.91. The Morgan fingerprint density at radius 2 is 1.52 bits per heavy atom. The second-order valence-electron chi connectivity index (χ2n) is 5.22. The molecule has 1 heterocycles. The van der Waals surface area contributed by atoms with Crippen LogP contribution in [0.4, 0.5) is 0 Å². The zero-order chi connectivity index (χ0) is 14.7. The minimum Gasteiger partial charge on any atom is -0.309 e. The van der Waals surface area contributed by atoms with Crippen LogP contribution in [0, 0.1) is 6.92 Å². The van der Waals surface area contributed by atoms with Crippen LogP contribution in [0.25, 0.3) is 11.1 Å². The molecule has 3 aromatic rings. The zero-order valence-corrected chi connectivity index (χ0v) is 13.2. The van der Waals surface area contributed by atoms with Gasteiger partial charge in [0.2, 0.25) is 0 Å². The van der Waals surface area contributed by atoms with Crippen LogP contribution in [0.3, 0.4) is 0 Å². The van der Waals surface area contributed by atoms with E-state index in [9.17, 15) is 0 Å². The standard InChI is InChI=1S/C19H19NS/c1-14-12-21-13-18(14)19(20-2)17-10-8-16(9-11-17)15-6-4-3-5-7-15/h3-13,19-20H,1-2H3. The van der Waals surface area contributed by atoms with Crippen molar-refractivity contribution in [3.05, 3.63) is 82.0 Å². The Bertz CT molecular complexity index is 698. The average molecular weight is 293 g/mol. The first-order chi connectivity index (χ1) is 10.3.